The molecule has 0 aliphatic heterocycles. The molecule has 1 atom stereocenters. The van der Waals surface area contributed by atoms with Gasteiger partial charge in [0.15, 0.2) is 0 Å². The van der Waals surface area contributed by atoms with Crippen LogP contribution in [0.4, 0.5) is 0 Å². The van der Waals surface area contributed by atoms with Crippen LogP contribution in [0.15, 0.2) is 22.7 Å². The van der Waals surface area contributed by atoms with Crippen molar-refractivity contribution in [3.8, 4) is 5.75 Å². The van der Waals surface area contributed by atoms with E-state index in [1.165, 1.54) is 0 Å². The fourth-order valence-corrected chi connectivity index (χ4v) is 3.07. The molecule has 0 radical (unpaired) electrons. The molecule has 0 spiro atoms. The first-order valence-corrected chi connectivity index (χ1v) is 7.55. The van der Waals surface area contributed by atoms with E-state index in [4.69, 9.17) is 10.6 Å². The van der Waals surface area contributed by atoms with E-state index >= 15 is 0 Å². The van der Waals surface area contributed by atoms with E-state index in [1.807, 2.05) is 30.8 Å². The summed E-state index contributed by atoms with van der Waals surface area (Å²) in [6.45, 7) is 4.06. The summed E-state index contributed by atoms with van der Waals surface area (Å²) in [5, 5.41) is 4.46. The topological polar surface area (TPSA) is 65.1 Å². The van der Waals surface area contributed by atoms with Gasteiger partial charge in [0, 0.05) is 22.8 Å². The summed E-state index contributed by atoms with van der Waals surface area (Å²) >= 11 is 3.50. The Balaban J connectivity index is 2.38. The minimum Gasteiger partial charge on any atom is -0.496 e. The Hall–Kier alpha value is -1.37. The number of rotatable bonds is 5. The molecule has 21 heavy (non-hydrogen) atoms. The molecule has 0 aliphatic rings. The molecule has 6 heteroatoms. The summed E-state index contributed by atoms with van der Waals surface area (Å²) in [4.78, 5) is 0. The maximum absolute atomic E-state index is 5.79. The molecule has 1 aromatic heterocycles. The molecular formula is C15H21BrN4O. The Morgan fingerprint density at radius 2 is 2.14 bits per heavy atom. The second-order valence-electron chi connectivity index (χ2n) is 5.09. The Bertz CT molecular complexity index is 639. The lowest BCUT2D eigenvalue weighted by molar-refractivity contribution is 0.405. The van der Waals surface area contributed by atoms with Crippen molar-refractivity contribution in [2.45, 2.75) is 26.3 Å². The zero-order valence-corrected chi connectivity index (χ0v) is 14.4. The summed E-state index contributed by atoms with van der Waals surface area (Å²) < 4.78 is 8.34. The van der Waals surface area contributed by atoms with E-state index in [1.54, 1.807) is 7.11 Å². The largest absolute Gasteiger partial charge is 0.496 e. The molecule has 0 fully saturated rings. The monoisotopic (exact) mass is 352 g/mol. The van der Waals surface area contributed by atoms with Crippen LogP contribution in [0.2, 0.25) is 0 Å². The highest BCUT2D eigenvalue weighted by molar-refractivity contribution is 9.10. The van der Waals surface area contributed by atoms with Crippen molar-refractivity contribution in [3.63, 3.8) is 0 Å². The number of hydrazine groups is 1. The van der Waals surface area contributed by atoms with Gasteiger partial charge in [-0.3, -0.25) is 16.0 Å². The molecular weight excluding hydrogens is 332 g/mol. The summed E-state index contributed by atoms with van der Waals surface area (Å²) in [5.74, 6) is 6.65. The number of nitrogens with one attached hydrogen (secondary N) is 1. The predicted molar refractivity (Wildman–Crippen MR) is 87.1 cm³/mol. The number of ether oxygens (including phenoxy) is 1. The lowest BCUT2D eigenvalue weighted by Crippen LogP contribution is -2.30. The van der Waals surface area contributed by atoms with Gasteiger partial charge >= 0.3 is 0 Å². The van der Waals surface area contributed by atoms with Crippen molar-refractivity contribution in [2.24, 2.45) is 12.9 Å². The van der Waals surface area contributed by atoms with Crippen LogP contribution in [-0.2, 0) is 13.5 Å². The predicted octanol–water partition coefficient (Wildman–Crippen LogP) is 2.56. The van der Waals surface area contributed by atoms with Crippen LogP contribution in [0.5, 0.6) is 5.75 Å². The number of aromatic nitrogens is 2. The van der Waals surface area contributed by atoms with Gasteiger partial charge in [-0.1, -0.05) is 15.9 Å². The van der Waals surface area contributed by atoms with E-state index in [0.29, 0.717) is 0 Å². The second-order valence-corrected chi connectivity index (χ2v) is 6.00. The van der Waals surface area contributed by atoms with Gasteiger partial charge < -0.3 is 4.74 Å². The molecule has 3 N–H and O–H groups in total. The fourth-order valence-electron chi connectivity index (χ4n) is 2.67. The third kappa shape index (κ3) is 3.28. The molecule has 2 rings (SSSR count). The number of nitrogens with two attached hydrogens (primary N) is 1. The maximum Gasteiger partial charge on any atom is 0.122 e. The number of nitrogens with zero attached hydrogens (tertiary/aromatic N) is 2. The highest BCUT2D eigenvalue weighted by atomic mass is 79.9. The van der Waals surface area contributed by atoms with Gasteiger partial charge in [0.2, 0.25) is 0 Å². The smallest absolute Gasteiger partial charge is 0.122 e. The van der Waals surface area contributed by atoms with Crippen LogP contribution in [-0.4, -0.2) is 16.9 Å². The fraction of sp³-hybridized carbons (Fsp3) is 0.400. The number of aryl methyl sites for hydroxylation is 2. The number of halogens is 1. The second kappa shape index (κ2) is 6.60. The molecule has 0 saturated carbocycles. The average Bonchev–Trinajstić information content (AvgIpc) is 2.70. The van der Waals surface area contributed by atoms with Crippen molar-refractivity contribution in [3.05, 3.63) is 45.2 Å². The summed E-state index contributed by atoms with van der Waals surface area (Å²) in [6, 6.07) is 5.97. The van der Waals surface area contributed by atoms with Crippen molar-refractivity contribution in [1.29, 1.82) is 0 Å². The third-order valence-corrected chi connectivity index (χ3v) is 4.27. The summed E-state index contributed by atoms with van der Waals surface area (Å²) in [5.41, 5.74) is 7.25. The third-order valence-electron chi connectivity index (χ3n) is 3.78. The lowest BCUT2D eigenvalue weighted by atomic mass is 9.97. The molecule has 0 aliphatic carbocycles. The number of benzene rings is 1. The summed E-state index contributed by atoms with van der Waals surface area (Å²) in [6.07, 6.45) is 0.729. The van der Waals surface area contributed by atoms with Crippen LogP contribution in [0.25, 0.3) is 0 Å². The van der Waals surface area contributed by atoms with Crippen molar-refractivity contribution in [2.75, 3.05) is 7.11 Å². The maximum atomic E-state index is 5.79. The Kier molecular flexibility index (Phi) is 5.03. The van der Waals surface area contributed by atoms with Crippen LogP contribution < -0.4 is 16.0 Å². The van der Waals surface area contributed by atoms with Gasteiger partial charge in [-0.05, 0) is 44.0 Å². The average molecular weight is 353 g/mol. The summed E-state index contributed by atoms with van der Waals surface area (Å²) in [7, 11) is 3.62. The highest BCUT2D eigenvalue weighted by Gasteiger charge is 2.21. The van der Waals surface area contributed by atoms with E-state index in [9.17, 15) is 0 Å². The van der Waals surface area contributed by atoms with Gasteiger partial charge in [0.05, 0.1) is 18.8 Å². The standard InChI is InChI=1S/C15H21BrN4O/c1-9-15(10(2)20(3)19-9)13(18-17)8-11-7-12(16)5-6-14(11)21-4/h5-7,13,18H,8,17H2,1-4H3. The zero-order valence-electron chi connectivity index (χ0n) is 12.8. The number of hydrogen-bond acceptors (Lipinski definition) is 4. The van der Waals surface area contributed by atoms with Crippen molar-refractivity contribution in [1.82, 2.24) is 15.2 Å². The minimum absolute atomic E-state index is 0.0121. The van der Waals surface area contributed by atoms with E-state index in [0.717, 1.165) is 39.2 Å². The van der Waals surface area contributed by atoms with Crippen LogP contribution >= 0.6 is 15.9 Å². The normalized spacial score (nSPS) is 12.5. The minimum atomic E-state index is -0.0121. The Morgan fingerprint density at radius 1 is 1.43 bits per heavy atom. The van der Waals surface area contributed by atoms with Crippen LogP contribution in [0.3, 0.4) is 0 Å². The Labute approximate surface area is 133 Å². The van der Waals surface area contributed by atoms with Gasteiger partial charge in [-0.15, -0.1) is 0 Å². The highest BCUT2D eigenvalue weighted by Crippen LogP contribution is 2.29. The van der Waals surface area contributed by atoms with Crippen molar-refractivity contribution >= 4 is 15.9 Å². The van der Waals surface area contributed by atoms with E-state index < -0.39 is 0 Å². The lowest BCUT2D eigenvalue weighted by Gasteiger charge is -2.19. The molecule has 0 saturated heterocycles. The quantitative estimate of drug-likeness (QED) is 0.641. The molecule has 0 bridgehead atoms. The molecule has 1 unspecified atom stereocenters. The number of methoxy groups -OCH3 is 1. The van der Waals surface area contributed by atoms with Crippen molar-refractivity contribution < 1.29 is 4.74 Å². The first-order chi connectivity index (χ1) is 9.97. The molecule has 5 nitrogen and oxygen atoms in total. The first kappa shape index (κ1) is 16.0. The van der Waals surface area contributed by atoms with Gasteiger partial charge in [0.25, 0.3) is 0 Å². The first-order valence-electron chi connectivity index (χ1n) is 6.76. The van der Waals surface area contributed by atoms with E-state index in [2.05, 4.69) is 39.4 Å². The van der Waals surface area contributed by atoms with Crippen LogP contribution in [0.1, 0.15) is 28.6 Å². The SMILES string of the molecule is COc1ccc(Br)cc1CC(NN)c1c(C)nn(C)c1C. The molecule has 2 aromatic rings. The number of hydrogen-bond donors (Lipinski definition) is 2. The van der Waals surface area contributed by atoms with Gasteiger partial charge in [-0.2, -0.15) is 5.10 Å². The Morgan fingerprint density at radius 3 is 2.67 bits per heavy atom. The molecule has 0 amide bonds. The van der Waals surface area contributed by atoms with Gasteiger partial charge in [0.1, 0.15) is 5.75 Å². The van der Waals surface area contributed by atoms with Crippen LogP contribution in [0, 0.1) is 13.8 Å². The van der Waals surface area contributed by atoms with E-state index in [-0.39, 0.29) is 6.04 Å². The van der Waals surface area contributed by atoms with Gasteiger partial charge in [-0.25, -0.2) is 0 Å². The molecule has 1 aromatic carbocycles. The molecule has 114 valence electrons. The zero-order chi connectivity index (χ0) is 15.6. The molecule has 1 heterocycles.